The van der Waals surface area contributed by atoms with Crippen LogP contribution in [0.3, 0.4) is 0 Å². The van der Waals surface area contributed by atoms with Gasteiger partial charge in [-0.3, -0.25) is 0 Å². The number of hydrogen-bond donors (Lipinski definition) is 0. The molecule has 1 aliphatic heterocycles. The van der Waals surface area contributed by atoms with Crippen molar-refractivity contribution in [1.29, 1.82) is 0 Å². The monoisotopic (exact) mass is 307 g/mol. The van der Waals surface area contributed by atoms with E-state index in [1.165, 1.54) is 5.56 Å². The van der Waals surface area contributed by atoms with E-state index in [4.69, 9.17) is 4.74 Å². The van der Waals surface area contributed by atoms with Gasteiger partial charge in [-0.15, -0.1) is 0 Å². The van der Waals surface area contributed by atoms with Crippen molar-refractivity contribution in [3.63, 3.8) is 0 Å². The number of rotatable bonds is 2. The third-order valence-electron chi connectivity index (χ3n) is 3.90. The Morgan fingerprint density at radius 1 is 1.50 bits per heavy atom. The van der Waals surface area contributed by atoms with Crippen molar-refractivity contribution in [2.75, 3.05) is 0 Å². The summed E-state index contributed by atoms with van der Waals surface area (Å²) in [5.74, 6) is 0.935. The molecule has 0 radical (unpaired) electrons. The van der Waals surface area contributed by atoms with Gasteiger partial charge >= 0.3 is 0 Å². The number of nitrogens with zero attached hydrogens (tertiary/aromatic N) is 1. The summed E-state index contributed by atoms with van der Waals surface area (Å²) in [5.41, 5.74) is 1.87. The maximum Gasteiger partial charge on any atom is 0.235 e. The average molecular weight is 308 g/mol. The first-order valence-corrected chi connectivity index (χ1v) is 7.02. The Morgan fingerprint density at radius 2 is 2.28 bits per heavy atom. The highest BCUT2D eigenvalue weighted by atomic mass is 79.9. The van der Waals surface area contributed by atoms with E-state index in [1.807, 2.05) is 6.07 Å². The van der Waals surface area contributed by atoms with Crippen molar-refractivity contribution in [2.45, 2.75) is 44.2 Å². The Bertz CT molecular complexity index is 545. The SMILES string of the molecule is CC1Cc2cc(Br)cc(C3(N=C=O)CCC3)c2O1. The number of fused-ring (bicyclic) bond motifs is 1. The Balaban J connectivity index is 2.15. The van der Waals surface area contributed by atoms with E-state index < -0.39 is 0 Å². The summed E-state index contributed by atoms with van der Waals surface area (Å²) in [6.07, 6.45) is 5.76. The van der Waals surface area contributed by atoms with Crippen molar-refractivity contribution in [3.8, 4) is 5.75 Å². The smallest absolute Gasteiger partial charge is 0.235 e. The predicted molar refractivity (Wildman–Crippen MR) is 71.6 cm³/mol. The zero-order chi connectivity index (χ0) is 12.8. The van der Waals surface area contributed by atoms with Crippen molar-refractivity contribution in [3.05, 3.63) is 27.7 Å². The molecule has 1 aromatic carbocycles. The molecular formula is C14H14BrNO2. The first kappa shape index (κ1) is 11.9. The van der Waals surface area contributed by atoms with Gasteiger partial charge in [-0.1, -0.05) is 15.9 Å². The molecule has 1 heterocycles. The lowest BCUT2D eigenvalue weighted by atomic mass is 9.71. The van der Waals surface area contributed by atoms with E-state index in [1.54, 1.807) is 6.08 Å². The van der Waals surface area contributed by atoms with Crippen LogP contribution in [0, 0.1) is 0 Å². The predicted octanol–water partition coefficient (Wildman–Crippen LogP) is 3.49. The first-order chi connectivity index (χ1) is 8.64. The number of isocyanates is 1. The topological polar surface area (TPSA) is 38.7 Å². The number of benzene rings is 1. The van der Waals surface area contributed by atoms with Crippen LogP contribution in [0.25, 0.3) is 0 Å². The van der Waals surface area contributed by atoms with Crippen molar-refractivity contribution < 1.29 is 9.53 Å². The lowest BCUT2D eigenvalue weighted by Crippen LogP contribution is -2.32. The summed E-state index contributed by atoms with van der Waals surface area (Å²) in [4.78, 5) is 14.8. The molecule has 2 aliphatic rings. The second-order valence-electron chi connectivity index (χ2n) is 5.16. The fourth-order valence-electron chi connectivity index (χ4n) is 2.88. The molecular weight excluding hydrogens is 294 g/mol. The summed E-state index contributed by atoms with van der Waals surface area (Å²) >= 11 is 3.54. The van der Waals surface area contributed by atoms with Crippen LogP contribution < -0.4 is 4.74 Å². The molecule has 0 spiro atoms. The standard InChI is InChI=1S/C14H14BrNO2/c1-9-5-10-6-11(15)7-12(13(10)18-9)14(16-8-17)3-2-4-14/h6-7,9H,2-5H2,1H3. The lowest BCUT2D eigenvalue weighted by molar-refractivity contribution is 0.221. The molecule has 3 nitrogen and oxygen atoms in total. The van der Waals surface area contributed by atoms with Crippen LogP contribution in [-0.2, 0) is 16.8 Å². The summed E-state index contributed by atoms with van der Waals surface area (Å²) in [6.45, 7) is 2.06. The molecule has 0 aromatic heterocycles. The van der Waals surface area contributed by atoms with Crippen molar-refractivity contribution in [1.82, 2.24) is 0 Å². The summed E-state index contributed by atoms with van der Waals surface area (Å²) in [7, 11) is 0. The van der Waals surface area contributed by atoms with Gasteiger partial charge < -0.3 is 4.74 Å². The Hall–Kier alpha value is -1.12. The highest BCUT2D eigenvalue weighted by Gasteiger charge is 2.43. The summed E-state index contributed by atoms with van der Waals surface area (Å²) < 4.78 is 6.94. The number of aliphatic imine (C=N–C) groups is 1. The fraction of sp³-hybridized carbons (Fsp3) is 0.500. The van der Waals surface area contributed by atoms with Gasteiger partial charge in [-0.25, -0.2) is 4.79 Å². The van der Waals surface area contributed by atoms with Crippen molar-refractivity contribution in [2.24, 2.45) is 4.99 Å². The summed E-state index contributed by atoms with van der Waals surface area (Å²) in [5, 5.41) is 0. The number of ether oxygens (including phenoxy) is 1. The quantitative estimate of drug-likeness (QED) is 0.619. The van der Waals surface area contributed by atoms with Gasteiger partial charge in [0, 0.05) is 16.5 Å². The van der Waals surface area contributed by atoms with E-state index in [-0.39, 0.29) is 11.6 Å². The fourth-order valence-corrected chi connectivity index (χ4v) is 3.38. The van der Waals surface area contributed by atoms with Gasteiger partial charge in [0.25, 0.3) is 0 Å². The van der Waals surface area contributed by atoms with Gasteiger partial charge in [0.15, 0.2) is 0 Å². The number of carbonyl (C=O) groups excluding carboxylic acids is 1. The number of halogens is 1. The molecule has 1 aromatic rings. The largest absolute Gasteiger partial charge is 0.490 e. The van der Waals surface area contributed by atoms with Gasteiger partial charge in [-0.05, 0) is 43.9 Å². The normalized spacial score (nSPS) is 23.6. The molecule has 0 N–H and O–H groups in total. The van der Waals surface area contributed by atoms with E-state index in [0.29, 0.717) is 0 Å². The average Bonchev–Trinajstić information content (AvgIpc) is 2.62. The van der Waals surface area contributed by atoms with Crippen LogP contribution in [0.5, 0.6) is 5.75 Å². The Morgan fingerprint density at radius 3 is 2.89 bits per heavy atom. The highest BCUT2D eigenvalue weighted by Crippen LogP contribution is 2.51. The molecule has 0 saturated heterocycles. The van der Waals surface area contributed by atoms with Crippen LogP contribution in [0.2, 0.25) is 0 Å². The van der Waals surface area contributed by atoms with E-state index in [2.05, 4.69) is 33.9 Å². The molecule has 1 unspecified atom stereocenters. The van der Waals surface area contributed by atoms with Gasteiger partial charge in [0.1, 0.15) is 17.4 Å². The maximum absolute atomic E-state index is 10.7. The number of hydrogen-bond acceptors (Lipinski definition) is 3. The first-order valence-electron chi connectivity index (χ1n) is 6.23. The lowest BCUT2D eigenvalue weighted by Gasteiger charge is -2.38. The zero-order valence-corrected chi connectivity index (χ0v) is 11.8. The van der Waals surface area contributed by atoms with E-state index in [9.17, 15) is 4.79 Å². The molecule has 0 amide bonds. The minimum Gasteiger partial charge on any atom is -0.490 e. The molecule has 4 heteroatoms. The third-order valence-corrected chi connectivity index (χ3v) is 4.36. The molecule has 18 heavy (non-hydrogen) atoms. The minimum atomic E-state index is -0.389. The van der Waals surface area contributed by atoms with Gasteiger partial charge in [0.2, 0.25) is 6.08 Å². The molecule has 1 atom stereocenters. The molecule has 3 rings (SSSR count). The molecule has 1 fully saturated rings. The third kappa shape index (κ3) is 1.72. The van der Waals surface area contributed by atoms with Gasteiger partial charge in [-0.2, -0.15) is 4.99 Å². The molecule has 0 bridgehead atoms. The highest BCUT2D eigenvalue weighted by molar-refractivity contribution is 9.10. The van der Waals surface area contributed by atoms with Crippen LogP contribution in [0.4, 0.5) is 0 Å². The Kier molecular flexibility index (Phi) is 2.80. The van der Waals surface area contributed by atoms with Gasteiger partial charge in [0.05, 0.1) is 0 Å². The van der Waals surface area contributed by atoms with Crippen LogP contribution in [0.1, 0.15) is 37.3 Å². The Labute approximate surface area is 114 Å². The van der Waals surface area contributed by atoms with Crippen molar-refractivity contribution >= 4 is 22.0 Å². The summed E-state index contributed by atoms with van der Waals surface area (Å²) in [6, 6.07) is 4.14. The van der Waals surface area contributed by atoms with Crippen LogP contribution in [0.15, 0.2) is 21.6 Å². The zero-order valence-electron chi connectivity index (χ0n) is 10.2. The van der Waals surface area contributed by atoms with Crippen LogP contribution in [-0.4, -0.2) is 12.2 Å². The van der Waals surface area contributed by atoms with E-state index >= 15 is 0 Å². The second kappa shape index (κ2) is 4.22. The maximum atomic E-state index is 10.7. The van der Waals surface area contributed by atoms with E-state index in [0.717, 1.165) is 41.5 Å². The molecule has 1 aliphatic carbocycles. The molecule has 94 valence electrons. The second-order valence-corrected chi connectivity index (χ2v) is 6.08. The van der Waals surface area contributed by atoms with Crippen LogP contribution >= 0.6 is 15.9 Å². The molecule has 1 saturated carbocycles. The minimum absolute atomic E-state index is 0.199.